The molecule has 2 aromatic rings. The summed E-state index contributed by atoms with van der Waals surface area (Å²) < 4.78 is 0.949. The summed E-state index contributed by atoms with van der Waals surface area (Å²) in [5, 5.41) is 2.93. The van der Waals surface area contributed by atoms with E-state index in [1.807, 2.05) is 55.5 Å². The zero-order valence-corrected chi connectivity index (χ0v) is 13.6. The largest absolute Gasteiger partial charge is 0.326 e. The number of benzene rings is 2. The van der Waals surface area contributed by atoms with Crippen molar-refractivity contribution in [2.75, 3.05) is 5.32 Å². The molecule has 0 aromatic heterocycles. The van der Waals surface area contributed by atoms with E-state index in [9.17, 15) is 4.79 Å². The Bertz CT molecular complexity index is 613. The number of aryl methyl sites for hydroxylation is 1. The van der Waals surface area contributed by atoms with Crippen molar-refractivity contribution in [2.45, 2.75) is 25.8 Å². The molecule has 0 radical (unpaired) electrons. The van der Waals surface area contributed by atoms with Gasteiger partial charge in [0.05, 0.1) is 0 Å². The van der Waals surface area contributed by atoms with Gasteiger partial charge in [0.15, 0.2) is 0 Å². The zero-order valence-electron chi connectivity index (χ0n) is 12.0. The second-order valence-electron chi connectivity index (χ2n) is 5.06. The molecule has 0 fully saturated rings. The highest BCUT2D eigenvalue weighted by Crippen LogP contribution is 2.21. The first-order chi connectivity index (χ1) is 10.1. The van der Waals surface area contributed by atoms with Gasteiger partial charge in [-0.3, -0.25) is 4.79 Å². The summed E-state index contributed by atoms with van der Waals surface area (Å²) in [5.41, 5.74) is 9.04. The smallest absolute Gasteiger partial charge is 0.224 e. The molecule has 0 bridgehead atoms. The topological polar surface area (TPSA) is 55.1 Å². The summed E-state index contributed by atoms with van der Waals surface area (Å²) in [4.78, 5) is 12.0. The van der Waals surface area contributed by atoms with Gasteiger partial charge in [-0.05, 0) is 36.6 Å². The molecule has 21 heavy (non-hydrogen) atoms. The average Bonchev–Trinajstić information content (AvgIpc) is 2.49. The molecule has 0 heterocycles. The maximum Gasteiger partial charge on any atom is 0.224 e. The van der Waals surface area contributed by atoms with Crippen molar-refractivity contribution < 1.29 is 4.79 Å². The lowest BCUT2D eigenvalue weighted by molar-refractivity contribution is -0.116. The molecule has 3 nitrogen and oxygen atoms in total. The van der Waals surface area contributed by atoms with E-state index >= 15 is 0 Å². The Balaban J connectivity index is 1.89. The summed E-state index contributed by atoms with van der Waals surface area (Å²) in [5.74, 6) is -0.0115. The third-order valence-electron chi connectivity index (χ3n) is 3.38. The molecule has 1 amide bonds. The van der Waals surface area contributed by atoms with Crippen LogP contribution in [0.5, 0.6) is 0 Å². The van der Waals surface area contributed by atoms with Gasteiger partial charge in [-0.1, -0.05) is 52.3 Å². The second-order valence-corrected chi connectivity index (χ2v) is 5.98. The number of anilines is 1. The highest BCUT2D eigenvalue weighted by atomic mass is 79.9. The van der Waals surface area contributed by atoms with Crippen LogP contribution in [0.1, 0.15) is 30.0 Å². The number of amides is 1. The quantitative estimate of drug-likeness (QED) is 0.853. The summed E-state index contributed by atoms with van der Waals surface area (Å²) >= 11 is 3.41. The fraction of sp³-hybridized carbons (Fsp3) is 0.235. The standard InChI is InChI=1S/C17H19BrN2O/c1-12-7-8-14(18)11-16(12)20-17(21)10-9-15(19)13-5-3-2-4-6-13/h2-8,11,15H,9-10,19H2,1H3,(H,20,21). The van der Waals surface area contributed by atoms with Crippen LogP contribution in [0.3, 0.4) is 0 Å². The van der Waals surface area contributed by atoms with Gasteiger partial charge < -0.3 is 11.1 Å². The molecular formula is C17H19BrN2O. The van der Waals surface area contributed by atoms with Gasteiger partial charge in [0.25, 0.3) is 0 Å². The summed E-state index contributed by atoms with van der Waals surface area (Å²) in [7, 11) is 0. The molecule has 1 atom stereocenters. The van der Waals surface area contributed by atoms with Gasteiger partial charge in [-0.25, -0.2) is 0 Å². The lowest BCUT2D eigenvalue weighted by Gasteiger charge is -2.13. The Labute approximate surface area is 133 Å². The molecule has 0 spiro atoms. The van der Waals surface area contributed by atoms with E-state index in [1.165, 1.54) is 0 Å². The molecule has 0 aliphatic carbocycles. The number of halogens is 1. The Morgan fingerprint density at radius 3 is 2.67 bits per heavy atom. The Kier molecular flexibility index (Phi) is 5.53. The molecule has 0 aliphatic heterocycles. The van der Waals surface area contributed by atoms with E-state index in [2.05, 4.69) is 21.2 Å². The van der Waals surface area contributed by atoms with Crippen molar-refractivity contribution in [2.24, 2.45) is 5.73 Å². The molecule has 0 saturated carbocycles. The Hall–Kier alpha value is -1.65. The number of rotatable bonds is 5. The molecule has 4 heteroatoms. The third-order valence-corrected chi connectivity index (χ3v) is 3.88. The van der Waals surface area contributed by atoms with Crippen LogP contribution in [0, 0.1) is 6.92 Å². The molecule has 3 N–H and O–H groups in total. The van der Waals surface area contributed by atoms with Crippen molar-refractivity contribution in [3.05, 3.63) is 64.1 Å². The molecule has 2 rings (SSSR count). The highest BCUT2D eigenvalue weighted by molar-refractivity contribution is 9.10. The normalized spacial score (nSPS) is 12.0. The number of carbonyl (C=O) groups is 1. The number of nitrogens with one attached hydrogen (secondary N) is 1. The van der Waals surface area contributed by atoms with Crippen LogP contribution >= 0.6 is 15.9 Å². The molecule has 0 aliphatic rings. The van der Waals surface area contributed by atoms with Crippen molar-refractivity contribution in [1.82, 2.24) is 0 Å². The predicted octanol–water partition coefficient (Wildman–Crippen LogP) is 4.18. The van der Waals surface area contributed by atoms with Gasteiger partial charge in [-0.2, -0.15) is 0 Å². The second kappa shape index (κ2) is 7.38. The molecule has 110 valence electrons. The number of carbonyl (C=O) groups excluding carboxylic acids is 1. The Morgan fingerprint density at radius 1 is 1.24 bits per heavy atom. The Morgan fingerprint density at radius 2 is 1.95 bits per heavy atom. The first-order valence-corrected chi connectivity index (χ1v) is 7.72. The van der Waals surface area contributed by atoms with Crippen LogP contribution < -0.4 is 11.1 Å². The first-order valence-electron chi connectivity index (χ1n) is 6.93. The third kappa shape index (κ3) is 4.69. The fourth-order valence-corrected chi connectivity index (χ4v) is 2.46. The first kappa shape index (κ1) is 15.7. The van der Waals surface area contributed by atoms with Crippen LogP contribution in [0.15, 0.2) is 53.0 Å². The van der Waals surface area contributed by atoms with Gasteiger partial charge in [0.2, 0.25) is 5.91 Å². The van der Waals surface area contributed by atoms with Crippen LogP contribution in [0.25, 0.3) is 0 Å². The van der Waals surface area contributed by atoms with Crippen molar-refractivity contribution in [3.8, 4) is 0 Å². The van der Waals surface area contributed by atoms with E-state index in [0.29, 0.717) is 12.8 Å². The van der Waals surface area contributed by atoms with E-state index in [1.54, 1.807) is 0 Å². The monoisotopic (exact) mass is 346 g/mol. The van der Waals surface area contributed by atoms with Gasteiger partial charge >= 0.3 is 0 Å². The van der Waals surface area contributed by atoms with Gasteiger partial charge in [0, 0.05) is 22.6 Å². The lowest BCUT2D eigenvalue weighted by Crippen LogP contribution is -2.17. The summed E-state index contributed by atoms with van der Waals surface area (Å²) in [6.45, 7) is 1.97. The maximum absolute atomic E-state index is 12.0. The van der Waals surface area contributed by atoms with Crippen molar-refractivity contribution >= 4 is 27.5 Å². The number of nitrogens with two attached hydrogens (primary N) is 1. The van der Waals surface area contributed by atoms with E-state index in [0.717, 1.165) is 21.3 Å². The molecule has 1 unspecified atom stereocenters. The minimum absolute atomic E-state index is 0.0115. The molecule has 0 saturated heterocycles. The number of hydrogen-bond acceptors (Lipinski definition) is 2. The minimum atomic E-state index is -0.111. The van der Waals surface area contributed by atoms with Crippen LogP contribution in [0.2, 0.25) is 0 Å². The van der Waals surface area contributed by atoms with Crippen LogP contribution in [0.4, 0.5) is 5.69 Å². The molecular weight excluding hydrogens is 328 g/mol. The molecule has 2 aromatic carbocycles. The van der Waals surface area contributed by atoms with Crippen molar-refractivity contribution in [1.29, 1.82) is 0 Å². The average molecular weight is 347 g/mol. The maximum atomic E-state index is 12.0. The highest BCUT2D eigenvalue weighted by Gasteiger charge is 2.10. The summed E-state index contributed by atoms with van der Waals surface area (Å²) in [6, 6.07) is 15.6. The van der Waals surface area contributed by atoms with E-state index in [-0.39, 0.29) is 11.9 Å². The predicted molar refractivity (Wildman–Crippen MR) is 90.1 cm³/mol. The van der Waals surface area contributed by atoms with Crippen LogP contribution in [-0.2, 0) is 4.79 Å². The number of hydrogen-bond donors (Lipinski definition) is 2. The van der Waals surface area contributed by atoms with E-state index < -0.39 is 0 Å². The van der Waals surface area contributed by atoms with Crippen LogP contribution in [-0.4, -0.2) is 5.91 Å². The summed E-state index contributed by atoms with van der Waals surface area (Å²) in [6.07, 6.45) is 1.03. The van der Waals surface area contributed by atoms with Gasteiger partial charge in [-0.15, -0.1) is 0 Å². The lowest BCUT2D eigenvalue weighted by atomic mass is 10.0. The SMILES string of the molecule is Cc1ccc(Br)cc1NC(=O)CCC(N)c1ccccc1. The fourth-order valence-electron chi connectivity index (χ4n) is 2.10. The minimum Gasteiger partial charge on any atom is -0.326 e. The van der Waals surface area contributed by atoms with Gasteiger partial charge in [0.1, 0.15) is 0 Å². The van der Waals surface area contributed by atoms with Crippen molar-refractivity contribution in [3.63, 3.8) is 0 Å². The zero-order chi connectivity index (χ0) is 15.2. The van der Waals surface area contributed by atoms with E-state index in [4.69, 9.17) is 5.73 Å².